The maximum Gasteiger partial charge on any atom is 0.0473 e. The Labute approximate surface area is 271 Å². The predicted molar refractivity (Wildman–Crippen MR) is 194 cm³/mol. The van der Waals surface area contributed by atoms with Gasteiger partial charge in [-0.25, -0.2) is 0 Å². The van der Waals surface area contributed by atoms with Crippen LogP contribution in [-0.4, -0.2) is 0 Å². The van der Waals surface area contributed by atoms with Gasteiger partial charge in [0.2, 0.25) is 0 Å². The van der Waals surface area contributed by atoms with Crippen LogP contribution in [0.3, 0.4) is 0 Å². The molecule has 2 unspecified atom stereocenters. The summed E-state index contributed by atoms with van der Waals surface area (Å²) in [5, 5.41) is 2.89. The van der Waals surface area contributed by atoms with Gasteiger partial charge < -0.3 is 0 Å². The molecule has 0 aliphatic heterocycles. The van der Waals surface area contributed by atoms with Crippen molar-refractivity contribution >= 4 is 21.9 Å². The molecule has 8 rings (SSSR count). The normalized spacial score (nSPS) is 23.3. The van der Waals surface area contributed by atoms with E-state index >= 15 is 0 Å². The molecule has 1 spiro atoms. The van der Waals surface area contributed by atoms with E-state index in [2.05, 4.69) is 144 Å². The zero-order valence-corrected chi connectivity index (χ0v) is 29.4. The summed E-state index contributed by atoms with van der Waals surface area (Å²) >= 11 is 0. The Bertz CT molecular complexity index is 2130. The molecule has 45 heavy (non-hydrogen) atoms. The van der Waals surface area contributed by atoms with Crippen LogP contribution in [0.5, 0.6) is 0 Å². The first-order valence-corrected chi connectivity index (χ1v) is 17.1. The molecule has 4 aliphatic carbocycles. The highest BCUT2D eigenvalue weighted by atomic mass is 14.6. The summed E-state index contributed by atoms with van der Waals surface area (Å²) in [6.45, 7) is 28.7. The Kier molecular flexibility index (Phi) is 5.62. The van der Waals surface area contributed by atoms with Crippen LogP contribution in [0.25, 0.3) is 33.0 Å². The number of fused-ring (bicyclic) bond motifs is 12. The molecule has 4 aromatic carbocycles. The molecule has 228 valence electrons. The zero-order chi connectivity index (χ0) is 32.1. The van der Waals surface area contributed by atoms with Crippen molar-refractivity contribution in [3.05, 3.63) is 127 Å². The molecule has 0 heterocycles. The third-order valence-electron chi connectivity index (χ3n) is 12.2. The largest absolute Gasteiger partial charge is 0.0682 e. The van der Waals surface area contributed by atoms with E-state index in [1.807, 2.05) is 0 Å². The molecular formula is C45H48. The van der Waals surface area contributed by atoms with Gasteiger partial charge in [0.05, 0.1) is 0 Å². The molecule has 0 nitrogen and oxygen atoms in total. The third kappa shape index (κ3) is 3.34. The van der Waals surface area contributed by atoms with Crippen LogP contribution in [0.1, 0.15) is 111 Å². The van der Waals surface area contributed by atoms with Crippen LogP contribution in [0.2, 0.25) is 0 Å². The Balaban J connectivity index is 1.56. The third-order valence-corrected chi connectivity index (χ3v) is 12.2. The second kappa shape index (κ2) is 8.79. The fraction of sp³-hybridized carbons (Fsp3) is 0.378. The summed E-state index contributed by atoms with van der Waals surface area (Å²) in [6, 6.07) is 19.7. The van der Waals surface area contributed by atoms with Gasteiger partial charge >= 0.3 is 0 Å². The summed E-state index contributed by atoms with van der Waals surface area (Å²) in [7, 11) is 0. The highest BCUT2D eigenvalue weighted by molar-refractivity contribution is 6.13. The minimum absolute atomic E-state index is 0.0388. The van der Waals surface area contributed by atoms with Gasteiger partial charge in [0.15, 0.2) is 0 Å². The van der Waals surface area contributed by atoms with Gasteiger partial charge in [0, 0.05) is 16.2 Å². The average molecular weight is 589 g/mol. The molecule has 0 saturated heterocycles. The molecule has 4 aliphatic rings. The van der Waals surface area contributed by atoms with Gasteiger partial charge in [-0.05, 0) is 131 Å². The van der Waals surface area contributed by atoms with Crippen molar-refractivity contribution in [2.45, 2.75) is 99.3 Å². The van der Waals surface area contributed by atoms with Gasteiger partial charge in [-0.1, -0.05) is 124 Å². The molecule has 0 amide bonds. The first-order valence-electron chi connectivity index (χ1n) is 17.1. The van der Waals surface area contributed by atoms with Crippen LogP contribution in [-0.2, 0) is 16.2 Å². The van der Waals surface area contributed by atoms with Crippen LogP contribution >= 0.6 is 0 Å². The number of allylic oxidation sites excluding steroid dienone is 6. The maximum absolute atomic E-state index is 2.67. The van der Waals surface area contributed by atoms with Gasteiger partial charge in [0.25, 0.3) is 0 Å². The summed E-state index contributed by atoms with van der Waals surface area (Å²) in [5.41, 5.74) is 23.1. The Morgan fingerprint density at radius 1 is 0.622 bits per heavy atom. The van der Waals surface area contributed by atoms with E-state index in [0.717, 1.165) is 0 Å². The van der Waals surface area contributed by atoms with Crippen molar-refractivity contribution in [2.75, 3.05) is 0 Å². The first-order chi connectivity index (χ1) is 21.1. The number of aryl methyl sites for hydroxylation is 4. The molecule has 0 saturated carbocycles. The fourth-order valence-corrected chi connectivity index (χ4v) is 11.1. The van der Waals surface area contributed by atoms with Crippen LogP contribution in [0.15, 0.2) is 71.8 Å². The monoisotopic (exact) mass is 588 g/mol. The Hall–Kier alpha value is -3.64. The van der Waals surface area contributed by atoms with Crippen LogP contribution in [0.4, 0.5) is 0 Å². The lowest BCUT2D eigenvalue weighted by Crippen LogP contribution is -2.39. The van der Waals surface area contributed by atoms with Crippen molar-refractivity contribution in [2.24, 2.45) is 11.8 Å². The van der Waals surface area contributed by atoms with Crippen molar-refractivity contribution in [1.82, 2.24) is 0 Å². The van der Waals surface area contributed by atoms with E-state index in [9.17, 15) is 0 Å². The smallest absolute Gasteiger partial charge is 0.0473 e. The highest BCUT2D eigenvalue weighted by Crippen LogP contribution is 2.68. The summed E-state index contributed by atoms with van der Waals surface area (Å²) in [4.78, 5) is 0. The van der Waals surface area contributed by atoms with Crippen molar-refractivity contribution < 1.29 is 0 Å². The van der Waals surface area contributed by atoms with E-state index < -0.39 is 0 Å². The minimum atomic E-state index is -0.212. The van der Waals surface area contributed by atoms with Gasteiger partial charge in [-0.3, -0.25) is 0 Å². The van der Waals surface area contributed by atoms with E-state index in [1.54, 1.807) is 22.3 Å². The molecule has 0 fully saturated rings. The zero-order valence-electron chi connectivity index (χ0n) is 29.4. The number of benzene rings is 4. The molecule has 0 radical (unpaired) electrons. The lowest BCUT2D eigenvalue weighted by Gasteiger charge is -2.44. The number of hydrogen-bond acceptors (Lipinski definition) is 0. The first kappa shape index (κ1) is 28.8. The maximum atomic E-state index is 2.67. The number of hydrogen-bond donors (Lipinski definition) is 0. The second-order valence-corrected chi connectivity index (χ2v) is 16.4. The quantitative estimate of drug-likeness (QED) is 0.207. The van der Waals surface area contributed by atoms with Gasteiger partial charge in [0.1, 0.15) is 0 Å². The Morgan fingerprint density at radius 3 is 2.00 bits per heavy atom. The Morgan fingerprint density at radius 2 is 1.29 bits per heavy atom. The molecule has 0 heteroatoms. The standard InChI is InChI=1S/C45H48/c1-23(2)38-29(8)18-26(5)22-45(38)35-16-14-30-40(37(35)33-21-28(7)36-27(6)17-25(4)20-32(36)39(33)45)44(11,12)42-31-19-24(3)13-15-34(31)43(9,10)41(30)42/h13-23,38H,1-12H3. The van der Waals surface area contributed by atoms with Crippen LogP contribution < -0.4 is 0 Å². The number of rotatable bonds is 1. The molecule has 2 atom stereocenters. The van der Waals surface area contributed by atoms with Gasteiger partial charge in [-0.15, -0.1) is 0 Å². The van der Waals surface area contributed by atoms with E-state index in [0.29, 0.717) is 11.8 Å². The summed E-state index contributed by atoms with van der Waals surface area (Å²) < 4.78 is 0. The molecule has 4 aromatic rings. The molecular weight excluding hydrogens is 540 g/mol. The summed E-state index contributed by atoms with van der Waals surface area (Å²) in [5.74, 6) is 0.875. The van der Waals surface area contributed by atoms with E-state index in [-0.39, 0.29) is 16.2 Å². The van der Waals surface area contributed by atoms with Crippen LogP contribution in [0, 0.1) is 39.5 Å². The molecule has 0 aromatic heterocycles. The second-order valence-electron chi connectivity index (χ2n) is 16.4. The summed E-state index contributed by atoms with van der Waals surface area (Å²) in [6.07, 6.45) is 5.12. The lowest BCUT2D eigenvalue weighted by atomic mass is 9.58. The van der Waals surface area contributed by atoms with E-state index in [4.69, 9.17) is 0 Å². The van der Waals surface area contributed by atoms with Crippen molar-refractivity contribution in [3.63, 3.8) is 0 Å². The average Bonchev–Trinajstić information content (AvgIpc) is 3.43. The van der Waals surface area contributed by atoms with E-state index in [1.165, 1.54) is 77.6 Å². The lowest BCUT2D eigenvalue weighted by molar-refractivity contribution is 0.336. The predicted octanol–water partition coefficient (Wildman–Crippen LogP) is 12.0. The topological polar surface area (TPSA) is 0 Å². The SMILES string of the molecule is CC1=CC2(c3ccc4c(c3-c3cc(C)c5c(C)cc(C)cc5c32)C(C)(C)C2=C4C(C)(C)c3ccc(C)cc32)C(C(C)C)C(C)=C1. The van der Waals surface area contributed by atoms with Crippen molar-refractivity contribution in [1.29, 1.82) is 0 Å². The fourth-order valence-electron chi connectivity index (χ4n) is 11.1. The minimum Gasteiger partial charge on any atom is -0.0682 e. The van der Waals surface area contributed by atoms with Crippen molar-refractivity contribution in [3.8, 4) is 11.1 Å². The molecule has 0 N–H and O–H groups in total. The highest BCUT2D eigenvalue weighted by Gasteiger charge is 2.56. The van der Waals surface area contributed by atoms with Gasteiger partial charge in [-0.2, -0.15) is 0 Å². The molecule has 0 bridgehead atoms.